The van der Waals surface area contributed by atoms with Crippen molar-refractivity contribution in [1.82, 2.24) is 9.88 Å². The number of amides is 1. The van der Waals surface area contributed by atoms with E-state index in [-0.39, 0.29) is 12.2 Å². The fraction of sp³-hybridized carbons (Fsp3) is 0.500. The van der Waals surface area contributed by atoms with Gasteiger partial charge < -0.3 is 19.4 Å². The van der Waals surface area contributed by atoms with Crippen molar-refractivity contribution in [2.45, 2.75) is 12.8 Å². The minimum Gasteiger partial charge on any atom is -0.354 e. The van der Waals surface area contributed by atoms with Crippen LogP contribution in [0.2, 0.25) is 0 Å². The van der Waals surface area contributed by atoms with Crippen LogP contribution in [0.5, 0.6) is 0 Å². The number of hydrogen-bond donors (Lipinski definition) is 1. The van der Waals surface area contributed by atoms with Gasteiger partial charge in [-0.1, -0.05) is 0 Å². The molecule has 0 spiro atoms. The monoisotopic (exact) mass is 288 g/mol. The summed E-state index contributed by atoms with van der Waals surface area (Å²) in [7, 11) is 1.61. The van der Waals surface area contributed by atoms with Crippen LogP contribution in [0.25, 0.3) is 0 Å². The lowest BCUT2D eigenvalue weighted by Crippen LogP contribution is -2.25. The van der Waals surface area contributed by atoms with Gasteiger partial charge in [0.25, 0.3) is 5.91 Å². The Morgan fingerprint density at radius 1 is 1.62 bits per heavy atom. The van der Waals surface area contributed by atoms with Crippen molar-refractivity contribution < 1.29 is 14.3 Å². The highest BCUT2D eigenvalue weighted by Gasteiger charge is 2.19. The van der Waals surface area contributed by atoms with Crippen LogP contribution in [-0.2, 0) is 16.0 Å². The molecule has 2 rings (SSSR count). The Kier molecular flexibility index (Phi) is 3.63. The van der Waals surface area contributed by atoms with Crippen LogP contribution in [0, 0.1) is 0 Å². The van der Waals surface area contributed by atoms with E-state index in [0.29, 0.717) is 25.5 Å². The van der Waals surface area contributed by atoms with Gasteiger partial charge in [-0.25, -0.2) is 0 Å². The summed E-state index contributed by atoms with van der Waals surface area (Å²) in [6.45, 7) is 1.75. The molecule has 16 heavy (non-hydrogen) atoms. The molecule has 1 saturated heterocycles. The summed E-state index contributed by atoms with van der Waals surface area (Å²) in [6, 6.07) is 1.77. The highest BCUT2D eigenvalue weighted by Crippen LogP contribution is 2.17. The third kappa shape index (κ3) is 2.45. The maximum atomic E-state index is 11.6. The molecule has 1 N–H and O–H groups in total. The van der Waals surface area contributed by atoms with Crippen molar-refractivity contribution >= 4 is 21.8 Å². The van der Waals surface area contributed by atoms with Crippen LogP contribution >= 0.6 is 15.9 Å². The minimum atomic E-state index is -0.261. The molecular formula is C10H13BrN2O3. The second kappa shape index (κ2) is 4.99. The largest absolute Gasteiger partial charge is 0.354 e. The molecule has 0 bridgehead atoms. The van der Waals surface area contributed by atoms with Gasteiger partial charge in [0.05, 0.1) is 19.8 Å². The summed E-state index contributed by atoms with van der Waals surface area (Å²) >= 11 is 3.35. The Hall–Kier alpha value is -0.850. The van der Waals surface area contributed by atoms with Crippen molar-refractivity contribution in [3.63, 3.8) is 0 Å². The fourth-order valence-corrected chi connectivity index (χ4v) is 2.08. The molecule has 0 aromatic carbocycles. The first-order chi connectivity index (χ1) is 7.70. The third-order valence-electron chi connectivity index (χ3n) is 2.36. The second-order valence-electron chi connectivity index (χ2n) is 3.45. The molecule has 6 heteroatoms. The summed E-state index contributed by atoms with van der Waals surface area (Å²) in [6.07, 6.45) is 1.58. The number of aromatic nitrogens is 1. The molecule has 0 aliphatic carbocycles. The first-order valence-corrected chi connectivity index (χ1v) is 5.81. The number of ether oxygens (including phenoxy) is 2. The van der Waals surface area contributed by atoms with E-state index < -0.39 is 0 Å². The molecule has 5 nitrogen and oxygen atoms in total. The Morgan fingerprint density at radius 2 is 2.31 bits per heavy atom. The van der Waals surface area contributed by atoms with E-state index in [2.05, 4.69) is 21.2 Å². The zero-order valence-electron chi connectivity index (χ0n) is 8.90. The molecule has 1 aliphatic heterocycles. The lowest BCUT2D eigenvalue weighted by atomic mass is 10.4. The van der Waals surface area contributed by atoms with E-state index in [1.165, 1.54) is 0 Å². The van der Waals surface area contributed by atoms with Crippen LogP contribution in [0.4, 0.5) is 0 Å². The lowest BCUT2D eigenvalue weighted by Gasteiger charge is -2.12. The normalized spacial score (nSPS) is 16.6. The number of nitrogens with zero attached hydrogens (tertiary/aromatic N) is 1. The van der Waals surface area contributed by atoms with E-state index >= 15 is 0 Å². The van der Waals surface area contributed by atoms with Gasteiger partial charge in [0.1, 0.15) is 5.69 Å². The zero-order chi connectivity index (χ0) is 11.5. The number of carbonyl (C=O) groups is 1. The van der Waals surface area contributed by atoms with Crippen molar-refractivity contribution in [2.75, 3.05) is 20.3 Å². The van der Waals surface area contributed by atoms with Gasteiger partial charge in [-0.05, 0) is 22.0 Å². The quantitative estimate of drug-likeness (QED) is 0.902. The van der Waals surface area contributed by atoms with Gasteiger partial charge in [-0.15, -0.1) is 0 Å². The van der Waals surface area contributed by atoms with Crippen LogP contribution < -0.4 is 5.32 Å². The number of halogens is 1. The SMILES string of the molecule is CNC(=O)c1cc(Br)cn1CC1OCCO1. The van der Waals surface area contributed by atoms with Crippen molar-refractivity contribution in [3.05, 3.63) is 22.4 Å². The van der Waals surface area contributed by atoms with Gasteiger partial charge >= 0.3 is 0 Å². The molecule has 88 valence electrons. The fourth-order valence-electron chi connectivity index (χ4n) is 1.62. The molecule has 1 aromatic heterocycles. The second-order valence-corrected chi connectivity index (χ2v) is 4.36. The molecule has 1 amide bonds. The van der Waals surface area contributed by atoms with Crippen molar-refractivity contribution in [3.8, 4) is 0 Å². The Balaban J connectivity index is 2.15. The number of rotatable bonds is 3. The highest BCUT2D eigenvalue weighted by atomic mass is 79.9. The van der Waals surface area contributed by atoms with E-state index in [1.54, 1.807) is 13.1 Å². The van der Waals surface area contributed by atoms with Crippen LogP contribution in [0.15, 0.2) is 16.7 Å². The molecule has 1 aromatic rings. The Morgan fingerprint density at radius 3 is 2.94 bits per heavy atom. The van der Waals surface area contributed by atoms with Crippen molar-refractivity contribution in [1.29, 1.82) is 0 Å². The molecule has 0 radical (unpaired) electrons. The topological polar surface area (TPSA) is 52.5 Å². The predicted octanol–water partition coefficient (Wildman–Crippen LogP) is 0.983. The summed E-state index contributed by atoms with van der Waals surface area (Å²) < 4.78 is 13.4. The van der Waals surface area contributed by atoms with Crippen LogP contribution in [0.3, 0.4) is 0 Å². The van der Waals surface area contributed by atoms with Crippen LogP contribution in [-0.4, -0.2) is 37.0 Å². The number of nitrogens with one attached hydrogen (secondary N) is 1. The van der Waals surface area contributed by atoms with Gasteiger partial charge in [0, 0.05) is 17.7 Å². The molecule has 1 fully saturated rings. The van der Waals surface area contributed by atoms with E-state index in [4.69, 9.17) is 9.47 Å². The molecule has 0 atom stereocenters. The maximum Gasteiger partial charge on any atom is 0.267 e. The Labute approximate surface area is 102 Å². The van der Waals surface area contributed by atoms with Gasteiger partial charge in [-0.3, -0.25) is 4.79 Å². The highest BCUT2D eigenvalue weighted by molar-refractivity contribution is 9.10. The maximum absolute atomic E-state index is 11.6. The Bertz CT molecular complexity index is 385. The van der Waals surface area contributed by atoms with E-state index in [1.807, 2.05) is 10.8 Å². The predicted molar refractivity (Wildman–Crippen MR) is 61.2 cm³/mol. The third-order valence-corrected chi connectivity index (χ3v) is 2.79. The first kappa shape index (κ1) is 11.6. The molecule has 2 heterocycles. The lowest BCUT2D eigenvalue weighted by molar-refractivity contribution is -0.0526. The van der Waals surface area contributed by atoms with Gasteiger partial charge in [0.15, 0.2) is 6.29 Å². The number of hydrogen-bond acceptors (Lipinski definition) is 3. The first-order valence-electron chi connectivity index (χ1n) is 5.01. The number of carbonyl (C=O) groups excluding carboxylic acids is 1. The van der Waals surface area contributed by atoms with Gasteiger partial charge in [0.2, 0.25) is 0 Å². The summed E-state index contributed by atoms with van der Waals surface area (Å²) in [4.78, 5) is 11.6. The molecule has 1 aliphatic rings. The molecular weight excluding hydrogens is 276 g/mol. The van der Waals surface area contributed by atoms with Gasteiger partial charge in [-0.2, -0.15) is 0 Å². The minimum absolute atomic E-state index is 0.122. The van der Waals surface area contributed by atoms with Crippen LogP contribution in [0.1, 0.15) is 10.5 Å². The van der Waals surface area contributed by atoms with Crippen molar-refractivity contribution in [2.24, 2.45) is 0 Å². The molecule has 0 unspecified atom stereocenters. The van der Waals surface area contributed by atoms with E-state index in [9.17, 15) is 4.79 Å². The summed E-state index contributed by atoms with van der Waals surface area (Å²) in [5, 5.41) is 2.60. The van der Waals surface area contributed by atoms with E-state index in [0.717, 1.165) is 4.47 Å². The average molecular weight is 289 g/mol. The molecule has 0 saturated carbocycles. The summed E-state index contributed by atoms with van der Waals surface area (Å²) in [5.41, 5.74) is 0.591. The average Bonchev–Trinajstić information content (AvgIpc) is 2.88. The smallest absolute Gasteiger partial charge is 0.267 e. The standard InChI is InChI=1S/C10H13BrN2O3/c1-12-10(14)8-4-7(11)5-13(8)6-9-15-2-3-16-9/h4-5,9H,2-3,6H2,1H3,(H,12,14). The summed E-state index contributed by atoms with van der Waals surface area (Å²) in [5.74, 6) is -0.122. The zero-order valence-corrected chi connectivity index (χ0v) is 10.5.